The third-order valence-electron chi connectivity index (χ3n) is 1.78. The fourth-order valence-electron chi connectivity index (χ4n) is 0.910. The summed E-state index contributed by atoms with van der Waals surface area (Å²) in [5.41, 5.74) is 0. The minimum absolute atomic E-state index is 0.267. The first-order chi connectivity index (χ1) is 8.16. The first-order valence-electron chi connectivity index (χ1n) is 5.40. The molecule has 0 aromatic rings. The molecule has 0 bridgehead atoms. The van der Waals surface area contributed by atoms with Gasteiger partial charge in [0.1, 0.15) is 6.61 Å². The van der Waals surface area contributed by atoms with Crippen molar-refractivity contribution in [3.8, 4) is 0 Å². The topological polar surface area (TPSA) is 65.0 Å². The normalized spacial score (nSPS) is 12.6. The van der Waals surface area contributed by atoms with Gasteiger partial charge in [-0.1, -0.05) is 0 Å². The van der Waals surface area contributed by atoms with Gasteiger partial charge in [0.15, 0.2) is 0 Å². The summed E-state index contributed by atoms with van der Waals surface area (Å²) < 4.78 is 15.3. The smallest absolute Gasteiger partial charge is 0.329 e. The van der Waals surface area contributed by atoms with Crippen LogP contribution in [-0.2, 0) is 19.0 Å². The van der Waals surface area contributed by atoms with Crippen molar-refractivity contribution in [2.24, 2.45) is 0 Å². The van der Waals surface area contributed by atoms with E-state index in [0.29, 0.717) is 26.4 Å². The van der Waals surface area contributed by atoms with Crippen LogP contribution in [0, 0.1) is 0 Å². The van der Waals surface area contributed by atoms with Crippen LogP contribution in [0.1, 0.15) is 6.42 Å². The molecule has 0 aromatic heterocycles. The van der Waals surface area contributed by atoms with Crippen LogP contribution in [-0.4, -0.2) is 61.7 Å². The Morgan fingerprint density at radius 1 is 1.06 bits per heavy atom. The molecule has 17 heavy (non-hydrogen) atoms. The lowest BCUT2D eigenvalue weighted by atomic mass is 10.3. The summed E-state index contributed by atoms with van der Waals surface area (Å²) in [5, 5.41) is 8.55. The molecule has 0 saturated carbocycles. The summed E-state index contributed by atoms with van der Waals surface area (Å²) in [6.07, 6.45) is 0.869. The number of thiol groups is 2. The molecule has 7 heteroatoms. The van der Waals surface area contributed by atoms with Crippen LogP contribution >= 0.6 is 25.3 Å². The Hall–Kier alpha value is 0.0500. The third kappa shape index (κ3) is 14.0. The molecule has 1 atom stereocenters. The number of hydrogen-bond acceptors (Lipinski definition) is 6. The van der Waals surface area contributed by atoms with Crippen molar-refractivity contribution in [1.82, 2.24) is 0 Å². The Labute approximate surface area is 113 Å². The van der Waals surface area contributed by atoms with Crippen LogP contribution in [0.4, 0.5) is 0 Å². The summed E-state index contributed by atoms with van der Waals surface area (Å²) in [6.45, 7) is 2.02. The molecule has 0 aliphatic rings. The van der Waals surface area contributed by atoms with Gasteiger partial charge in [0.2, 0.25) is 0 Å². The van der Waals surface area contributed by atoms with Crippen molar-refractivity contribution >= 4 is 31.2 Å². The highest BCUT2D eigenvalue weighted by Crippen LogP contribution is 2.02. The van der Waals surface area contributed by atoms with Crippen molar-refractivity contribution in [3.05, 3.63) is 0 Å². The number of carboxylic acids is 1. The van der Waals surface area contributed by atoms with Gasteiger partial charge in [-0.3, -0.25) is 0 Å². The summed E-state index contributed by atoms with van der Waals surface area (Å²) in [5.74, 6) is -0.233. The van der Waals surface area contributed by atoms with Gasteiger partial charge in [0.25, 0.3) is 0 Å². The van der Waals surface area contributed by atoms with E-state index in [1.807, 2.05) is 0 Å². The molecule has 0 heterocycles. The molecule has 0 saturated heterocycles. The van der Waals surface area contributed by atoms with Gasteiger partial charge in [0.05, 0.1) is 26.4 Å². The van der Waals surface area contributed by atoms with Crippen molar-refractivity contribution in [3.63, 3.8) is 0 Å². The maximum Gasteiger partial charge on any atom is 0.329 e. The molecule has 0 rings (SSSR count). The molecular formula is C10H20O5S2. The number of carbonyl (C=O) groups is 1. The van der Waals surface area contributed by atoms with Crippen LogP contribution in [0.5, 0.6) is 0 Å². The fourth-order valence-corrected chi connectivity index (χ4v) is 1.20. The van der Waals surface area contributed by atoms with E-state index < -0.39 is 5.97 Å². The van der Waals surface area contributed by atoms with Crippen LogP contribution in [0.25, 0.3) is 0 Å². The van der Waals surface area contributed by atoms with E-state index in [4.69, 9.17) is 19.3 Å². The zero-order chi connectivity index (χ0) is 12.9. The van der Waals surface area contributed by atoms with Gasteiger partial charge in [-0.25, -0.2) is 4.79 Å². The molecular weight excluding hydrogens is 264 g/mol. The highest BCUT2D eigenvalue weighted by atomic mass is 32.1. The van der Waals surface area contributed by atoms with Crippen molar-refractivity contribution < 1.29 is 24.1 Å². The van der Waals surface area contributed by atoms with Crippen LogP contribution < -0.4 is 0 Å². The maximum atomic E-state index is 10.1. The van der Waals surface area contributed by atoms with Gasteiger partial charge in [-0.15, -0.1) is 0 Å². The van der Waals surface area contributed by atoms with E-state index in [9.17, 15) is 4.79 Å². The van der Waals surface area contributed by atoms with E-state index >= 15 is 0 Å². The quantitative estimate of drug-likeness (QED) is 0.364. The first kappa shape index (κ1) is 17.1. The number of hydrogen-bond donors (Lipinski definition) is 3. The summed E-state index contributed by atoms with van der Waals surface area (Å²) in [7, 11) is 0. The average Bonchev–Trinajstić information content (AvgIpc) is 2.30. The Balaban J connectivity index is 3.01. The van der Waals surface area contributed by atoms with E-state index in [1.165, 1.54) is 0 Å². The predicted molar refractivity (Wildman–Crippen MR) is 71.3 cm³/mol. The van der Waals surface area contributed by atoms with Gasteiger partial charge in [-0.2, -0.15) is 25.3 Å². The first-order valence-corrected chi connectivity index (χ1v) is 6.55. The van der Waals surface area contributed by atoms with Crippen molar-refractivity contribution in [2.45, 2.75) is 11.7 Å². The van der Waals surface area contributed by atoms with E-state index in [-0.39, 0.29) is 18.5 Å². The number of aliphatic carboxylic acids is 1. The lowest BCUT2D eigenvalue weighted by Gasteiger charge is -2.08. The molecule has 1 unspecified atom stereocenters. The Bertz CT molecular complexity index is 192. The molecule has 0 spiro atoms. The Morgan fingerprint density at radius 2 is 1.59 bits per heavy atom. The Kier molecular flexibility index (Phi) is 12.5. The molecule has 0 radical (unpaired) electrons. The zero-order valence-electron chi connectivity index (χ0n) is 9.71. The second-order valence-corrected chi connectivity index (χ2v) is 4.39. The predicted octanol–water partition coefficient (Wildman–Crippen LogP) is 0.739. The van der Waals surface area contributed by atoms with Gasteiger partial charge in [-0.05, 0) is 6.42 Å². The van der Waals surface area contributed by atoms with Crippen LogP contribution in [0.15, 0.2) is 0 Å². The Morgan fingerprint density at radius 3 is 2.12 bits per heavy atom. The molecule has 0 aliphatic heterocycles. The second kappa shape index (κ2) is 12.5. The zero-order valence-corrected chi connectivity index (χ0v) is 11.5. The van der Waals surface area contributed by atoms with Crippen LogP contribution in [0.3, 0.4) is 0 Å². The SMILES string of the molecule is O=C(O)COCCOCCOCCC(S)CS. The van der Waals surface area contributed by atoms with Gasteiger partial charge in [0, 0.05) is 17.6 Å². The van der Waals surface area contributed by atoms with E-state index in [2.05, 4.69) is 25.3 Å². The average molecular weight is 284 g/mol. The number of rotatable bonds is 12. The highest BCUT2D eigenvalue weighted by Gasteiger charge is 1.99. The standard InChI is InChI=1S/C10H20O5S2/c11-10(12)7-15-6-5-14-4-3-13-2-1-9(17)8-16/h9,16-17H,1-8H2,(H,11,12). The van der Waals surface area contributed by atoms with E-state index in [0.717, 1.165) is 12.2 Å². The summed E-state index contributed by atoms with van der Waals surface area (Å²) in [4.78, 5) is 10.1. The fraction of sp³-hybridized carbons (Fsp3) is 0.900. The third-order valence-corrected chi connectivity index (χ3v) is 2.95. The minimum atomic E-state index is -0.973. The largest absolute Gasteiger partial charge is 0.480 e. The summed E-state index contributed by atoms with van der Waals surface area (Å²) >= 11 is 8.38. The molecule has 102 valence electrons. The molecule has 5 nitrogen and oxygen atoms in total. The van der Waals surface area contributed by atoms with Gasteiger partial charge >= 0.3 is 5.97 Å². The highest BCUT2D eigenvalue weighted by molar-refractivity contribution is 7.84. The summed E-state index contributed by atoms with van der Waals surface area (Å²) in [6, 6.07) is 0. The van der Waals surface area contributed by atoms with Gasteiger partial charge < -0.3 is 19.3 Å². The van der Waals surface area contributed by atoms with E-state index in [1.54, 1.807) is 0 Å². The lowest BCUT2D eigenvalue weighted by molar-refractivity contribution is -0.142. The molecule has 1 N–H and O–H groups in total. The second-order valence-electron chi connectivity index (χ2n) is 3.30. The lowest BCUT2D eigenvalue weighted by Crippen LogP contribution is -2.14. The minimum Gasteiger partial charge on any atom is -0.480 e. The monoisotopic (exact) mass is 284 g/mol. The molecule has 0 aromatic carbocycles. The van der Waals surface area contributed by atoms with Crippen molar-refractivity contribution in [1.29, 1.82) is 0 Å². The number of carboxylic acid groups (broad SMARTS) is 1. The van der Waals surface area contributed by atoms with Crippen LogP contribution in [0.2, 0.25) is 0 Å². The number of ether oxygens (including phenoxy) is 3. The molecule has 0 amide bonds. The van der Waals surface area contributed by atoms with Crippen molar-refractivity contribution in [2.75, 3.05) is 45.4 Å². The maximum absolute atomic E-state index is 10.1. The molecule has 0 fully saturated rings. The molecule has 0 aliphatic carbocycles.